The van der Waals surface area contributed by atoms with E-state index in [4.69, 9.17) is 0 Å². The number of benzene rings is 1. The van der Waals surface area contributed by atoms with Crippen LogP contribution >= 0.6 is 0 Å². The predicted octanol–water partition coefficient (Wildman–Crippen LogP) is 2.50. The molecule has 0 aromatic heterocycles. The van der Waals surface area contributed by atoms with E-state index in [-0.39, 0.29) is 30.4 Å². The van der Waals surface area contributed by atoms with Crippen LogP contribution in [0, 0.1) is 5.92 Å². The molecule has 1 N–H and O–H groups in total. The molecule has 1 aromatic rings. The summed E-state index contributed by atoms with van der Waals surface area (Å²) in [5, 5.41) is 2.84. The number of piperazine rings is 1. The molecule has 0 radical (unpaired) electrons. The molecule has 12 heteroatoms. The van der Waals surface area contributed by atoms with Crippen LogP contribution in [0.15, 0.2) is 29.2 Å². The SMILES string of the molecule is CC(=O)N1CCN(S(=O)(=O)c2ccc(OC(F)(F)F)cc2)[C@@H](C(=O)NCC2CCCCC2)C1. The number of ether oxygens (including phenoxy) is 1. The number of halogens is 3. The van der Waals surface area contributed by atoms with Crippen molar-refractivity contribution in [1.82, 2.24) is 14.5 Å². The van der Waals surface area contributed by atoms with Crippen LogP contribution in [0.1, 0.15) is 39.0 Å². The molecule has 2 aliphatic rings. The molecular formula is C21H28F3N3O5S. The Kier molecular flexibility index (Phi) is 7.88. The number of amides is 2. The average molecular weight is 492 g/mol. The summed E-state index contributed by atoms with van der Waals surface area (Å²) in [6.45, 7) is 1.69. The quantitative estimate of drug-likeness (QED) is 0.660. The van der Waals surface area contributed by atoms with Crippen LogP contribution < -0.4 is 10.1 Å². The zero-order valence-electron chi connectivity index (χ0n) is 18.3. The van der Waals surface area contributed by atoms with Gasteiger partial charge in [0.1, 0.15) is 11.8 Å². The Morgan fingerprint density at radius 3 is 2.30 bits per heavy atom. The lowest BCUT2D eigenvalue weighted by atomic mass is 9.89. The maximum Gasteiger partial charge on any atom is 0.573 e. The first-order valence-corrected chi connectivity index (χ1v) is 12.3. The largest absolute Gasteiger partial charge is 0.573 e. The molecule has 1 atom stereocenters. The third-order valence-electron chi connectivity index (χ3n) is 6.03. The molecule has 8 nitrogen and oxygen atoms in total. The minimum Gasteiger partial charge on any atom is -0.406 e. The molecule has 1 saturated carbocycles. The van der Waals surface area contributed by atoms with Gasteiger partial charge < -0.3 is 15.0 Å². The number of nitrogens with one attached hydrogen (secondary N) is 1. The van der Waals surface area contributed by atoms with E-state index in [2.05, 4.69) is 10.1 Å². The highest BCUT2D eigenvalue weighted by atomic mass is 32.2. The molecule has 1 aromatic carbocycles. The van der Waals surface area contributed by atoms with Crippen LogP contribution in [-0.4, -0.2) is 68.0 Å². The standard InChI is InChI=1S/C21H28F3N3O5S/c1-15(28)26-11-12-27(19(14-26)20(29)25-13-16-5-3-2-4-6-16)33(30,31)18-9-7-17(8-10-18)32-21(22,23)24/h7-10,16,19H,2-6,11-14H2,1H3,(H,25,29)/t19-/m1/s1. The van der Waals surface area contributed by atoms with Crippen LogP contribution in [0.4, 0.5) is 13.2 Å². The first kappa shape index (κ1) is 25.3. The number of hydrogen-bond acceptors (Lipinski definition) is 5. The summed E-state index contributed by atoms with van der Waals surface area (Å²) < 4.78 is 68.5. The number of sulfonamides is 1. The van der Waals surface area contributed by atoms with Crippen molar-refractivity contribution < 1.29 is 35.9 Å². The summed E-state index contributed by atoms with van der Waals surface area (Å²) in [6.07, 6.45) is 0.454. The number of rotatable bonds is 6. The summed E-state index contributed by atoms with van der Waals surface area (Å²) in [5.41, 5.74) is 0. The summed E-state index contributed by atoms with van der Waals surface area (Å²) in [6, 6.07) is 2.69. The highest BCUT2D eigenvalue weighted by Crippen LogP contribution is 2.27. The Labute approximate surface area is 191 Å². The van der Waals surface area contributed by atoms with Crippen LogP contribution in [-0.2, 0) is 19.6 Å². The van der Waals surface area contributed by atoms with Crippen molar-refractivity contribution in [2.75, 3.05) is 26.2 Å². The topological polar surface area (TPSA) is 96.0 Å². The number of nitrogens with zero attached hydrogens (tertiary/aromatic N) is 2. The number of carbonyl (C=O) groups is 2. The van der Waals surface area contributed by atoms with Gasteiger partial charge >= 0.3 is 6.36 Å². The second-order valence-electron chi connectivity index (χ2n) is 8.36. The summed E-state index contributed by atoms with van der Waals surface area (Å²) >= 11 is 0. The van der Waals surface area contributed by atoms with E-state index in [1.165, 1.54) is 18.2 Å². The molecule has 1 aliphatic heterocycles. The van der Waals surface area contributed by atoms with Gasteiger partial charge in [0.15, 0.2) is 0 Å². The maximum atomic E-state index is 13.3. The monoisotopic (exact) mass is 491 g/mol. The van der Waals surface area contributed by atoms with E-state index in [1.807, 2.05) is 0 Å². The van der Waals surface area contributed by atoms with Crippen molar-refractivity contribution in [1.29, 1.82) is 0 Å². The summed E-state index contributed by atoms with van der Waals surface area (Å²) in [4.78, 5) is 26.0. The van der Waals surface area contributed by atoms with Crippen molar-refractivity contribution in [3.63, 3.8) is 0 Å². The molecule has 184 valence electrons. The van der Waals surface area contributed by atoms with Gasteiger partial charge in [-0.05, 0) is 43.0 Å². The second-order valence-corrected chi connectivity index (χ2v) is 10.3. The number of hydrogen-bond donors (Lipinski definition) is 1. The third kappa shape index (κ3) is 6.59. The Morgan fingerprint density at radius 1 is 1.09 bits per heavy atom. The normalized spacial score (nSPS) is 21.0. The molecule has 1 saturated heterocycles. The Morgan fingerprint density at radius 2 is 1.73 bits per heavy atom. The van der Waals surface area contributed by atoms with Crippen molar-refractivity contribution in [2.45, 2.75) is 56.3 Å². The fourth-order valence-electron chi connectivity index (χ4n) is 4.26. The van der Waals surface area contributed by atoms with Gasteiger partial charge in [0, 0.05) is 33.1 Å². The molecule has 3 rings (SSSR count). The fraction of sp³-hybridized carbons (Fsp3) is 0.619. The van der Waals surface area contributed by atoms with Crippen LogP contribution in [0.5, 0.6) is 5.75 Å². The van der Waals surface area contributed by atoms with Gasteiger partial charge in [-0.3, -0.25) is 9.59 Å². The lowest BCUT2D eigenvalue weighted by Gasteiger charge is -2.39. The van der Waals surface area contributed by atoms with E-state index in [0.29, 0.717) is 12.5 Å². The van der Waals surface area contributed by atoms with E-state index in [0.717, 1.165) is 54.3 Å². The molecule has 2 amide bonds. The van der Waals surface area contributed by atoms with Crippen molar-refractivity contribution in [3.8, 4) is 5.75 Å². The van der Waals surface area contributed by atoms with Gasteiger partial charge in [-0.1, -0.05) is 19.3 Å². The van der Waals surface area contributed by atoms with Crippen LogP contribution in [0.25, 0.3) is 0 Å². The van der Waals surface area contributed by atoms with Gasteiger partial charge in [0.2, 0.25) is 21.8 Å². The average Bonchev–Trinajstić information content (AvgIpc) is 2.77. The Hall–Kier alpha value is -2.34. The predicted molar refractivity (Wildman–Crippen MR) is 113 cm³/mol. The lowest BCUT2D eigenvalue weighted by Crippen LogP contribution is -2.61. The fourth-order valence-corrected chi connectivity index (χ4v) is 5.83. The van der Waals surface area contributed by atoms with Crippen molar-refractivity contribution in [3.05, 3.63) is 24.3 Å². The first-order valence-electron chi connectivity index (χ1n) is 10.9. The highest BCUT2D eigenvalue weighted by molar-refractivity contribution is 7.89. The van der Waals surface area contributed by atoms with Gasteiger partial charge in [0.25, 0.3) is 0 Å². The molecule has 33 heavy (non-hydrogen) atoms. The number of carbonyl (C=O) groups excluding carboxylic acids is 2. The molecule has 1 aliphatic carbocycles. The smallest absolute Gasteiger partial charge is 0.406 e. The molecule has 0 unspecified atom stereocenters. The van der Waals surface area contributed by atoms with E-state index < -0.39 is 34.1 Å². The van der Waals surface area contributed by atoms with Crippen molar-refractivity contribution in [2.24, 2.45) is 5.92 Å². The summed E-state index contributed by atoms with van der Waals surface area (Å²) in [5.74, 6) is -0.982. The van der Waals surface area contributed by atoms with Crippen LogP contribution in [0.3, 0.4) is 0 Å². The van der Waals surface area contributed by atoms with Gasteiger partial charge in [0.05, 0.1) is 4.90 Å². The Bertz CT molecular complexity index is 947. The highest BCUT2D eigenvalue weighted by Gasteiger charge is 2.41. The van der Waals surface area contributed by atoms with Crippen molar-refractivity contribution >= 4 is 21.8 Å². The van der Waals surface area contributed by atoms with Gasteiger partial charge in [-0.15, -0.1) is 13.2 Å². The van der Waals surface area contributed by atoms with Gasteiger partial charge in [-0.2, -0.15) is 4.31 Å². The first-order chi connectivity index (χ1) is 15.5. The summed E-state index contributed by atoms with van der Waals surface area (Å²) in [7, 11) is -4.21. The lowest BCUT2D eigenvalue weighted by molar-refractivity contribution is -0.274. The van der Waals surface area contributed by atoms with Crippen LogP contribution in [0.2, 0.25) is 0 Å². The Balaban J connectivity index is 1.78. The minimum absolute atomic E-state index is 0.0969. The third-order valence-corrected chi connectivity index (χ3v) is 7.96. The van der Waals surface area contributed by atoms with E-state index in [9.17, 15) is 31.2 Å². The molecular weight excluding hydrogens is 463 g/mol. The zero-order valence-corrected chi connectivity index (χ0v) is 19.1. The minimum atomic E-state index is -4.90. The number of alkyl halides is 3. The molecule has 2 fully saturated rings. The zero-order chi connectivity index (χ0) is 24.2. The molecule has 0 bridgehead atoms. The van der Waals surface area contributed by atoms with E-state index >= 15 is 0 Å². The van der Waals surface area contributed by atoms with E-state index in [1.54, 1.807) is 0 Å². The second kappa shape index (κ2) is 10.3. The molecule has 1 heterocycles. The molecule has 0 spiro atoms. The van der Waals surface area contributed by atoms with Gasteiger partial charge in [-0.25, -0.2) is 8.42 Å². The maximum absolute atomic E-state index is 13.3.